The maximum Gasteiger partial charge on any atom is 0.263 e. The van der Waals surface area contributed by atoms with Crippen molar-refractivity contribution in [3.8, 4) is 5.75 Å². The first-order valence-corrected chi connectivity index (χ1v) is 8.87. The van der Waals surface area contributed by atoms with Crippen molar-refractivity contribution in [2.45, 2.75) is 33.4 Å². The summed E-state index contributed by atoms with van der Waals surface area (Å²) in [5, 5.41) is 3.15. The summed E-state index contributed by atoms with van der Waals surface area (Å²) < 4.78 is 11.0. The fourth-order valence-corrected chi connectivity index (χ4v) is 2.71. The van der Waals surface area contributed by atoms with Gasteiger partial charge in [0.1, 0.15) is 17.7 Å². The van der Waals surface area contributed by atoms with E-state index < -0.39 is 6.17 Å². The van der Waals surface area contributed by atoms with Crippen LogP contribution in [0, 0.1) is 13.8 Å². The van der Waals surface area contributed by atoms with Gasteiger partial charge in [0, 0.05) is 6.54 Å². The molecule has 2 aromatic rings. The van der Waals surface area contributed by atoms with Crippen LogP contribution in [0.4, 0.5) is 0 Å². The molecule has 136 valence electrons. The Bertz CT molecular complexity index is 701. The van der Waals surface area contributed by atoms with Crippen molar-refractivity contribution in [2.24, 2.45) is 5.73 Å². The van der Waals surface area contributed by atoms with Crippen LogP contribution >= 0.6 is 12.2 Å². The van der Waals surface area contributed by atoms with Crippen molar-refractivity contribution in [3.63, 3.8) is 0 Å². The van der Waals surface area contributed by atoms with Crippen molar-refractivity contribution < 1.29 is 9.15 Å². The van der Waals surface area contributed by atoms with E-state index in [9.17, 15) is 0 Å². The Morgan fingerprint density at radius 1 is 1.36 bits per heavy atom. The molecule has 0 saturated carbocycles. The number of nitrogens with zero attached hydrogens (tertiary/aromatic N) is 1. The molecular formula is C19H27N3O2S. The second-order valence-electron chi connectivity index (χ2n) is 6.22. The molecule has 2 rings (SSSR count). The molecule has 1 unspecified atom stereocenters. The van der Waals surface area contributed by atoms with Crippen LogP contribution in [0.1, 0.15) is 35.5 Å². The van der Waals surface area contributed by atoms with Crippen LogP contribution in [-0.4, -0.2) is 30.2 Å². The number of furan rings is 1. The van der Waals surface area contributed by atoms with E-state index in [4.69, 9.17) is 27.1 Å². The molecule has 0 saturated heterocycles. The second-order valence-corrected chi connectivity index (χ2v) is 6.59. The van der Waals surface area contributed by atoms with Gasteiger partial charge in [-0.25, -0.2) is 0 Å². The van der Waals surface area contributed by atoms with Gasteiger partial charge in [-0.05, 0) is 81.0 Å². The first kappa shape index (κ1) is 19.4. The van der Waals surface area contributed by atoms with Gasteiger partial charge in [0.2, 0.25) is 0 Å². The van der Waals surface area contributed by atoms with Gasteiger partial charge in [-0.1, -0.05) is 13.0 Å². The number of likely N-dealkylation sites (N-methyl/N-ethyl adjacent to an activating group) is 1. The molecule has 0 aliphatic heterocycles. The van der Waals surface area contributed by atoms with E-state index in [2.05, 4.69) is 37.2 Å². The quantitative estimate of drug-likeness (QED) is 0.583. The van der Waals surface area contributed by atoms with E-state index in [1.54, 1.807) is 18.4 Å². The molecule has 5 nitrogen and oxygen atoms in total. The Labute approximate surface area is 155 Å². The van der Waals surface area contributed by atoms with E-state index in [-0.39, 0.29) is 5.17 Å². The number of hydrogen-bond acceptors (Lipinski definition) is 5. The number of rotatable bonds is 7. The van der Waals surface area contributed by atoms with Crippen LogP contribution in [0.25, 0.3) is 0 Å². The topological polar surface area (TPSA) is 63.7 Å². The number of thiocarbonyl (C=S) groups is 1. The molecule has 0 radical (unpaired) electrons. The minimum atomic E-state index is -0.534. The number of hydrogen-bond donors (Lipinski definition) is 2. The van der Waals surface area contributed by atoms with Crippen molar-refractivity contribution in [1.29, 1.82) is 0 Å². The molecule has 0 fully saturated rings. The third-order valence-corrected chi connectivity index (χ3v) is 4.46. The molecule has 0 aliphatic rings. The Morgan fingerprint density at radius 3 is 2.76 bits per heavy atom. The average molecular weight is 362 g/mol. The maximum absolute atomic E-state index is 5.99. The zero-order valence-corrected chi connectivity index (χ0v) is 16.2. The van der Waals surface area contributed by atoms with Crippen LogP contribution < -0.4 is 15.8 Å². The predicted molar refractivity (Wildman–Crippen MR) is 105 cm³/mol. The van der Waals surface area contributed by atoms with Crippen molar-refractivity contribution in [3.05, 3.63) is 53.0 Å². The van der Waals surface area contributed by atoms with Crippen molar-refractivity contribution >= 4 is 17.4 Å². The van der Waals surface area contributed by atoms with Gasteiger partial charge < -0.3 is 25.1 Å². The van der Waals surface area contributed by atoms with Gasteiger partial charge in [-0.3, -0.25) is 0 Å². The highest BCUT2D eigenvalue weighted by Gasteiger charge is 2.13. The SMILES string of the molecule is CCN(C)CCc1cc(C)c(OC(=S)NC(N)c2ccco2)cc1C. The average Bonchev–Trinajstić information content (AvgIpc) is 3.10. The van der Waals surface area contributed by atoms with E-state index in [0.717, 1.165) is 30.8 Å². The first-order valence-electron chi connectivity index (χ1n) is 8.46. The summed E-state index contributed by atoms with van der Waals surface area (Å²) in [6, 6.07) is 7.77. The van der Waals surface area contributed by atoms with Crippen LogP contribution in [0.15, 0.2) is 34.9 Å². The van der Waals surface area contributed by atoms with E-state index in [1.807, 2.05) is 13.0 Å². The fourth-order valence-electron chi connectivity index (χ4n) is 2.49. The highest BCUT2D eigenvalue weighted by atomic mass is 32.1. The van der Waals surface area contributed by atoms with Gasteiger partial charge in [-0.2, -0.15) is 0 Å². The summed E-state index contributed by atoms with van der Waals surface area (Å²) >= 11 is 5.26. The molecule has 25 heavy (non-hydrogen) atoms. The third-order valence-electron chi connectivity index (χ3n) is 4.26. The Hall–Kier alpha value is -1.89. The molecule has 3 N–H and O–H groups in total. The summed E-state index contributed by atoms with van der Waals surface area (Å²) in [7, 11) is 2.13. The molecule has 1 atom stereocenters. The summed E-state index contributed by atoms with van der Waals surface area (Å²) in [6.45, 7) is 8.37. The molecule has 0 amide bonds. The first-order chi connectivity index (χ1) is 11.9. The van der Waals surface area contributed by atoms with Crippen molar-refractivity contribution in [2.75, 3.05) is 20.1 Å². The van der Waals surface area contributed by atoms with E-state index in [1.165, 1.54) is 11.1 Å². The van der Waals surface area contributed by atoms with Crippen LogP contribution in [-0.2, 0) is 6.42 Å². The monoisotopic (exact) mass is 361 g/mol. The number of ether oxygens (including phenoxy) is 1. The Kier molecular flexibility index (Phi) is 6.99. The molecule has 0 spiro atoms. The van der Waals surface area contributed by atoms with E-state index >= 15 is 0 Å². The Morgan fingerprint density at radius 2 is 2.12 bits per heavy atom. The molecule has 0 bridgehead atoms. The van der Waals surface area contributed by atoms with Crippen molar-refractivity contribution in [1.82, 2.24) is 10.2 Å². The number of aryl methyl sites for hydroxylation is 2. The third kappa shape index (κ3) is 5.56. The molecule has 6 heteroatoms. The lowest BCUT2D eigenvalue weighted by atomic mass is 10.0. The maximum atomic E-state index is 5.99. The standard InChI is InChI=1S/C19H27N3O2S/c1-5-22(4)9-8-15-11-14(3)17(12-13(15)2)24-19(25)21-18(20)16-7-6-10-23-16/h6-7,10-12,18H,5,8-9,20H2,1-4H3,(H,21,25). The molecular weight excluding hydrogens is 334 g/mol. The van der Waals surface area contributed by atoms with Crippen LogP contribution in [0.5, 0.6) is 5.75 Å². The molecule has 1 aromatic carbocycles. The van der Waals surface area contributed by atoms with Gasteiger partial charge in [-0.15, -0.1) is 0 Å². The lowest BCUT2D eigenvalue weighted by Crippen LogP contribution is -2.35. The minimum Gasteiger partial charge on any atom is -0.466 e. The second kappa shape index (κ2) is 8.99. The van der Waals surface area contributed by atoms with E-state index in [0.29, 0.717) is 5.76 Å². The summed E-state index contributed by atoms with van der Waals surface area (Å²) in [6.07, 6.45) is 2.06. The lowest BCUT2D eigenvalue weighted by Gasteiger charge is -2.18. The van der Waals surface area contributed by atoms with Gasteiger partial charge in [0.15, 0.2) is 0 Å². The molecule has 0 aliphatic carbocycles. The number of nitrogens with two attached hydrogens (primary N) is 1. The number of benzene rings is 1. The lowest BCUT2D eigenvalue weighted by molar-refractivity contribution is 0.357. The summed E-state index contributed by atoms with van der Waals surface area (Å²) in [5.74, 6) is 1.35. The van der Waals surface area contributed by atoms with Gasteiger partial charge in [0.25, 0.3) is 5.17 Å². The molecule has 1 aromatic heterocycles. The smallest absolute Gasteiger partial charge is 0.263 e. The highest BCUT2D eigenvalue weighted by molar-refractivity contribution is 7.80. The zero-order chi connectivity index (χ0) is 18.4. The number of nitrogens with one attached hydrogen (secondary N) is 1. The largest absolute Gasteiger partial charge is 0.466 e. The van der Waals surface area contributed by atoms with Crippen LogP contribution in [0.2, 0.25) is 0 Å². The van der Waals surface area contributed by atoms with Crippen LogP contribution in [0.3, 0.4) is 0 Å². The minimum absolute atomic E-state index is 0.227. The van der Waals surface area contributed by atoms with Gasteiger partial charge >= 0.3 is 0 Å². The summed E-state index contributed by atoms with van der Waals surface area (Å²) in [5.41, 5.74) is 9.57. The normalized spacial score (nSPS) is 12.2. The fraction of sp³-hybridized carbons (Fsp3) is 0.421. The highest BCUT2D eigenvalue weighted by Crippen LogP contribution is 2.24. The van der Waals surface area contributed by atoms with Gasteiger partial charge in [0.05, 0.1) is 6.26 Å². The molecule has 1 heterocycles. The Balaban J connectivity index is 1.99. The zero-order valence-electron chi connectivity index (χ0n) is 15.3. The predicted octanol–water partition coefficient (Wildman–Crippen LogP) is 3.30. The summed E-state index contributed by atoms with van der Waals surface area (Å²) in [4.78, 5) is 2.30.